The molecule has 5 nitrogen and oxygen atoms in total. The van der Waals surface area contributed by atoms with E-state index in [0.29, 0.717) is 17.3 Å². The highest BCUT2D eigenvalue weighted by Crippen LogP contribution is 2.39. The molecule has 1 saturated carbocycles. The van der Waals surface area contributed by atoms with Crippen molar-refractivity contribution in [2.24, 2.45) is 0 Å². The molecule has 4 rings (SSSR count). The summed E-state index contributed by atoms with van der Waals surface area (Å²) in [5.41, 5.74) is 1.69. The Bertz CT molecular complexity index is 881. The van der Waals surface area contributed by atoms with E-state index >= 15 is 0 Å². The second kappa shape index (κ2) is 5.43. The van der Waals surface area contributed by atoms with Gasteiger partial charge in [-0.05, 0) is 35.7 Å². The van der Waals surface area contributed by atoms with Gasteiger partial charge >= 0.3 is 0 Å². The van der Waals surface area contributed by atoms with E-state index in [1.54, 1.807) is 6.07 Å². The maximum absolute atomic E-state index is 12.2. The summed E-state index contributed by atoms with van der Waals surface area (Å²) in [4.78, 5) is 12.2. The second-order valence-electron chi connectivity index (χ2n) is 6.04. The lowest BCUT2D eigenvalue weighted by molar-refractivity contribution is -0.115. The van der Waals surface area contributed by atoms with Crippen LogP contribution in [0.5, 0.6) is 5.75 Å². The number of phenols is 1. The lowest BCUT2D eigenvalue weighted by Gasteiger charge is -2.07. The van der Waals surface area contributed by atoms with Gasteiger partial charge in [0, 0.05) is 23.2 Å². The third-order valence-electron chi connectivity index (χ3n) is 4.18. The number of carbonyl (C=O) groups excluding carboxylic acids is 1. The molecule has 0 bridgehead atoms. The fourth-order valence-corrected chi connectivity index (χ4v) is 2.78. The molecule has 0 aliphatic heterocycles. The number of benzene rings is 2. The topological polar surface area (TPSA) is 78.0 Å². The normalized spacial score (nSPS) is 14.1. The number of aromatic amines is 1. The Kier molecular flexibility index (Phi) is 3.26. The van der Waals surface area contributed by atoms with Gasteiger partial charge in [0.05, 0.1) is 6.42 Å². The number of hydrogen-bond acceptors (Lipinski definition) is 3. The molecular weight excluding hydrogens is 290 g/mol. The van der Waals surface area contributed by atoms with Crippen LogP contribution in [-0.2, 0) is 11.2 Å². The molecule has 0 unspecified atom stereocenters. The Morgan fingerprint density at radius 2 is 1.96 bits per heavy atom. The number of carbonyl (C=O) groups is 1. The smallest absolute Gasteiger partial charge is 0.230 e. The largest absolute Gasteiger partial charge is 0.508 e. The minimum atomic E-state index is -0.190. The van der Waals surface area contributed by atoms with E-state index in [0.717, 1.165) is 16.5 Å². The zero-order valence-corrected chi connectivity index (χ0v) is 12.5. The highest BCUT2D eigenvalue weighted by molar-refractivity contribution is 5.93. The maximum Gasteiger partial charge on any atom is 0.230 e. The van der Waals surface area contributed by atoms with Crippen molar-refractivity contribution in [1.29, 1.82) is 0 Å². The van der Waals surface area contributed by atoms with E-state index in [9.17, 15) is 9.90 Å². The fraction of sp³-hybridized carbons (Fsp3) is 0.222. The molecule has 0 spiro atoms. The minimum absolute atomic E-state index is 0.113. The Morgan fingerprint density at radius 1 is 1.22 bits per heavy atom. The quantitative estimate of drug-likeness (QED) is 0.692. The molecule has 0 saturated heterocycles. The van der Waals surface area contributed by atoms with Gasteiger partial charge < -0.3 is 10.4 Å². The van der Waals surface area contributed by atoms with Crippen LogP contribution in [0, 0.1) is 0 Å². The number of amides is 1. The van der Waals surface area contributed by atoms with Crippen molar-refractivity contribution in [2.75, 3.05) is 5.32 Å². The zero-order valence-electron chi connectivity index (χ0n) is 12.5. The lowest BCUT2D eigenvalue weighted by Crippen LogP contribution is -2.14. The van der Waals surface area contributed by atoms with Crippen molar-refractivity contribution >= 4 is 22.5 Å². The predicted octanol–water partition coefficient (Wildman–Crippen LogP) is 3.33. The van der Waals surface area contributed by atoms with Crippen LogP contribution in [0.4, 0.5) is 5.82 Å². The Labute approximate surface area is 133 Å². The molecule has 1 heterocycles. The number of rotatable bonds is 4. The van der Waals surface area contributed by atoms with E-state index in [1.165, 1.54) is 12.8 Å². The van der Waals surface area contributed by atoms with E-state index in [2.05, 4.69) is 15.5 Å². The monoisotopic (exact) mass is 307 g/mol. The average molecular weight is 307 g/mol. The molecular formula is C18H17N3O2. The van der Waals surface area contributed by atoms with Gasteiger partial charge in [0.25, 0.3) is 0 Å². The molecule has 1 fully saturated rings. The van der Waals surface area contributed by atoms with E-state index < -0.39 is 0 Å². The van der Waals surface area contributed by atoms with Crippen LogP contribution >= 0.6 is 0 Å². The summed E-state index contributed by atoms with van der Waals surface area (Å²) >= 11 is 0. The Morgan fingerprint density at radius 3 is 2.70 bits per heavy atom. The van der Waals surface area contributed by atoms with Crippen molar-refractivity contribution in [3.8, 4) is 5.75 Å². The standard InChI is InChI=1S/C18H17N3O2/c22-16-8-13-4-2-1-3-12(13)7-14(16)9-18(23)19-17-10-15(20-21-17)11-5-6-11/h1-4,7-8,10-11,22H,5-6,9H2,(H2,19,20,21,23). The molecule has 0 atom stereocenters. The van der Waals surface area contributed by atoms with Crippen LogP contribution in [-0.4, -0.2) is 21.2 Å². The number of aromatic nitrogens is 2. The van der Waals surface area contributed by atoms with Gasteiger partial charge in [0.15, 0.2) is 5.82 Å². The molecule has 1 amide bonds. The number of aromatic hydroxyl groups is 1. The van der Waals surface area contributed by atoms with E-state index in [1.807, 2.05) is 36.4 Å². The second-order valence-corrected chi connectivity index (χ2v) is 6.04. The van der Waals surface area contributed by atoms with Gasteiger partial charge in [0.2, 0.25) is 5.91 Å². The lowest BCUT2D eigenvalue weighted by atomic mass is 10.0. The molecule has 1 aromatic heterocycles. The minimum Gasteiger partial charge on any atom is -0.508 e. The zero-order chi connectivity index (χ0) is 15.8. The number of H-pyrrole nitrogens is 1. The summed E-state index contributed by atoms with van der Waals surface area (Å²) in [6, 6.07) is 13.2. The Hall–Kier alpha value is -2.82. The number of phenolic OH excluding ortho intramolecular Hbond substituents is 1. The van der Waals surface area contributed by atoms with Crippen LogP contribution in [0.1, 0.15) is 30.0 Å². The third-order valence-corrected chi connectivity index (χ3v) is 4.18. The number of anilines is 1. The molecule has 3 N–H and O–H groups in total. The highest BCUT2D eigenvalue weighted by Gasteiger charge is 2.25. The first-order valence-electron chi connectivity index (χ1n) is 7.75. The van der Waals surface area contributed by atoms with Gasteiger partial charge in [-0.25, -0.2) is 0 Å². The van der Waals surface area contributed by atoms with Crippen molar-refractivity contribution in [2.45, 2.75) is 25.2 Å². The summed E-state index contributed by atoms with van der Waals surface area (Å²) in [5.74, 6) is 1.05. The van der Waals surface area contributed by atoms with Gasteiger partial charge in [-0.3, -0.25) is 9.89 Å². The summed E-state index contributed by atoms with van der Waals surface area (Å²) in [6.45, 7) is 0. The third kappa shape index (κ3) is 2.90. The predicted molar refractivity (Wildman–Crippen MR) is 88.5 cm³/mol. The van der Waals surface area contributed by atoms with Crippen LogP contribution in [0.15, 0.2) is 42.5 Å². The maximum atomic E-state index is 12.2. The fourth-order valence-electron chi connectivity index (χ4n) is 2.78. The Balaban J connectivity index is 1.50. The molecule has 5 heteroatoms. The summed E-state index contributed by atoms with van der Waals surface area (Å²) in [5, 5.41) is 21.9. The number of fused-ring (bicyclic) bond motifs is 1. The SMILES string of the molecule is O=C(Cc1cc2ccccc2cc1O)Nc1cc(C2CC2)[nH]n1. The van der Waals surface area contributed by atoms with E-state index in [-0.39, 0.29) is 18.1 Å². The van der Waals surface area contributed by atoms with Crippen LogP contribution in [0.2, 0.25) is 0 Å². The average Bonchev–Trinajstić information content (AvgIpc) is 3.28. The van der Waals surface area contributed by atoms with Gasteiger partial charge in [-0.2, -0.15) is 5.10 Å². The van der Waals surface area contributed by atoms with Crippen molar-refractivity contribution in [3.63, 3.8) is 0 Å². The molecule has 2 aromatic carbocycles. The van der Waals surface area contributed by atoms with Gasteiger partial charge in [0.1, 0.15) is 5.75 Å². The first kappa shape index (κ1) is 13.8. The van der Waals surface area contributed by atoms with Crippen LogP contribution < -0.4 is 5.32 Å². The van der Waals surface area contributed by atoms with Gasteiger partial charge in [-0.1, -0.05) is 24.3 Å². The summed E-state index contributed by atoms with van der Waals surface area (Å²) in [7, 11) is 0. The number of nitrogens with zero attached hydrogens (tertiary/aromatic N) is 1. The van der Waals surface area contributed by atoms with E-state index in [4.69, 9.17) is 0 Å². The van der Waals surface area contributed by atoms with Crippen LogP contribution in [0.3, 0.4) is 0 Å². The molecule has 116 valence electrons. The highest BCUT2D eigenvalue weighted by atomic mass is 16.3. The van der Waals surface area contributed by atoms with Crippen molar-refractivity contribution < 1.29 is 9.90 Å². The summed E-state index contributed by atoms with van der Waals surface area (Å²) < 4.78 is 0. The van der Waals surface area contributed by atoms with Crippen LogP contribution in [0.25, 0.3) is 10.8 Å². The molecule has 3 aromatic rings. The molecule has 23 heavy (non-hydrogen) atoms. The van der Waals surface area contributed by atoms with Gasteiger partial charge in [-0.15, -0.1) is 0 Å². The van der Waals surface area contributed by atoms with Crippen molar-refractivity contribution in [3.05, 3.63) is 53.7 Å². The molecule has 0 radical (unpaired) electrons. The molecule has 1 aliphatic rings. The first-order valence-corrected chi connectivity index (χ1v) is 7.75. The number of nitrogens with one attached hydrogen (secondary N) is 2. The first-order chi connectivity index (χ1) is 11.2. The molecule has 1 aliphatic carbocycles. The number of hydrogen-bond donors (Lipinski definition) is 3. The summed E-state index contributed by atoms with van der Waals surface area (Å²) in [6.07, 6.45) is 2.48. The van der Waals surface area contributed by atoms with Crippen molar-refractivity contribution in [1.82, 2.24) is 10.2 Å².